The predicted octanol–water partition coefficient (Wildman–Crippen LogP) is 4.47. The third-order valence-corrected chi connectivity index (χ3v) is 1.68. The molecule has 0 fully saturated rings. The SMILES string of the molecule is CC(C)CCOCCC(C)C.[CH3][In]([CH3])[CH3]. The Morgan fingerprint density at radius 1 is 0.800 bits per heavy atom. The Morgan fingerprint density at radius 3 is 1.27 bits per heavy atom. The Balaban J connectivity index is 0. The molecule has 0 spiro atoms. The van der Waals surface area contributed by atoms with E-state index in [1.165, 1.54) is 12.8 Å². The molecule has 0 heterocycles. The predicted molar refractivity (Wildman–Crippen MR) is 73.1 cm³/mol. The van der Waals surface area contributed by atoms with Crippen molar-refractivity contribution in [1.82, 2.24) is 0 Å². The molecule has 0 saturated carbocycles. The van der Waals surface area contributed by atoms with Crippen LogP contribution in [0.1, 0.15) is 40.5 Å². The van der Waals surface area contributed by atoms with Crippen molar-refractivity contribution in [2.45, 2.75) is 54.6 Å². The first-order valence-electron chi connectivity index (χ1n) is 6.44. The Kier molecular flexibility index (Phi) is 15.7. The Labute approximate surface area is 106 Å². The van der Waals surface area contributed by atoms with Gasteiger partial charge in [-0.2, -0.15) is 0 Å². The third kappa shape index (κ3) is 31.3. The fourth-order valence-corrected chi connectivity index (χ4v) is 0.740. The van der Waals surface area contributed by atoms with E-state index in [0.717, 1.165) is 25.0 Å². The molecule has 0 saturated heterocycles. The molecule has 0 aromatic heterocycles. The molecule has 0 rings (SSSR count). The van der Waals surface area contributed by atoms with Gasteiger partial charge in [0.25, 0.3) is 0 Å². The zero-order valence-corrected chi connectivity index (χ0v) is 15.3. The summed E-state index contributed by atoms with van der Waals surface area (Å²) in [6, 6.07) is 0. The van der Waals surface area contributed by atoms with Gasteiger partial charge in [-0.25, -0.2) is 0 Å². The van der Waals surface area contributed by atoms with Gasteiger partial charge in [0.1, 0.15) is 0 Å². The molecule has 0 atom stereocenters. The molecule has 0 amide bonds. The van der Waals surface area contributed by atoms with E-state index in [-0.39, 0.29) is 0 Å². The van der Waals surface area contributed by atoms with Crippen LogP contribution >= 0.6 is 0 Å². The molecule has 0 bridgehead atoms. The number of hydrogen-bond acceptors (Lipinski definition) is 1. The van der Waals surface area contributed by atoms with Crippen molar-refractivity contribution in [2.75, 3.05) is 13.2 Å². The van der Waals surface area contributed by atoms with Gasteiger partial charge in [0.15, 0.2) is 0 Å². The van der Waals surface area contributed by atoms with E-state index in [2.05, 4.69) is 41.7 Å². The topological polar surface area (TPSA) is 9.23 Å². The molecule has 2 heteroatoms. The average molecular weight is 318 g/mol. The summed E-state index contributed by atoms with van der Waals surface area (Å²) < 4.78 is 12.6. The fourth-order valence-electron chi connectivity index (χ4n) is 0.740. The maximum absolute atomic E-state index is 5.46. The Hall–Kier alpha value is 0.830. The third-order valence-electron chi connectivity index (χ3n) is 1.68. The second kappa shape index (κ2) is 12.9. The second-order valence-electron chi connectivity index (χ2n) is 5.71. The van der Waals surface area contributed by atoms with Crippen molar-refractivity contribution < 1.29 is 4.74 Å². The Bertz CT molecular complexity index is 98.3. The molecule has 0 aliphatic rings. The molecule has 0 aromatic carbocycles. The van der Waals surface area contributed by atoms with Crippen molar-refractivity contribution in [3.63, 3.8) is 0 Å². The number of rotatable bonds is 6. The summed E-state index contributed by atoms with van der Waals surface area (Å²) in [6.07, 6.45) is 2.39. The molecule has 0 aromatic rings. The molecule has 92 valence electrons. The van der Waals surface area contributed by atoms with E-state index in [1.54, 1.807) is 0 Å². The van der Waals surface area contributed by atoms with Gasteiger partial charge in [0, 0.05) is 13.2 Å². The van der Waals surface area contributed by atoms with Crippen LogP contribution in [-0.4, -0.2) is 34.7 Å². The summed E-state index contributed by atoms with van der Waals surface area (Å²) in [7, 11) is 0. The van der Waals surface area contributed by atoms with Crippen molar-refractivity contribution >= 4 is 21.4 Å². The molecule has 15 heavy (non-hydrogen) atoms. The van der Waals surface area contributed by atoms with Gasteiger partial charge in [-0.1, -0.05) is 27.7 Å². The molecule has 0 unspecified atom stereocenters. The summed E-state index contributed by atoms with van der Waals surface area (Å²) >= 11 is -0.637. The van der Waals surface area contributed by atoms with Crippen LogP contribution in [0, 0.1) is 11.8 Å². The van der Waals surface area contributed by atoms with Gasteiger partial charge in [-0.05, 0) is 24.7 Å². The van der Waals surface area contributed by atoms with Crippen LogP contribution in [0.15, 0.2) is 0 Å². The van der Waals surface area contributed by atoms with Gasteiger partial charge in [-0.3, -0.25) is 0 Å². The minimum absolute atomic E-state index is 0.637. The molecular formula is C13H31InO. The van der Waals surface area contributed by atoms with Gasteiger partial charge in [0.05, 0.1) is 0 Å². The first kappa shape index (κ1) is 18.2. The van der Waals surface area contributed by atoms with E-state index in [1.807, 2.05) is 0 Å². The van der Waals surface area contributed by atoms with Crippen molar-refractivity contribution in [2.24, 2.45) is 11.8 Å². The maximum atomic E-state index is 5.46. The first-order valence-corrected chi connectivity index (χ1v) is 16.3. The zero-order valence-electron chi connectivity index (χ0n) is 12.0. The van der Waals surface area contributed by atoms with Crippen molar-refractivity contribution in [3.05, 3.63) is 0 Å². The van der Waals surface area contributed by atoms with Gasteiger partial charge >= 0.3 is 35.5 Å². The normalized spacial score (nSPS) is 10.2. The van der Waals surface area contributed by atoms with E-state index in [0.29, 0.717) is 0 Å². The summed E-state index contributed by atoms with van der Waals surface area (Å²) in [5, 5.41) is 0. The molecule has 0 N–H and O–H groups in total. The summed E-state index contributed by atoms with van der Waals surface area (Å²) in [6.45, 7) is 10.8. The van der Waals surface area contributed by atoms with E-state index >= 15 is 0 Å². The molecule has 1 nitrogen and oxygen atoms in total. The van der Waals surface area contributed by atoms with Crippen LogP contribution < -0.4 is 0 Å². The van der Waals surface area contributed by atoms with Crippen LogP contribution in [0.4, 0.5) is 0 Å². The van der Waals surface area contributed by atoms with Crippen molar-refractivity contribution in [3.8, 4) is 0 Å². The molecule has 0 radical (unpaired) electrons. The minimum atomic E-state index is -0.637. The van der Waals surface area contributed by atoms with Crippen LogP contribution in [0.2, 0.25) is 14.0 Å². The van der Waals surface area contributed by atoms with Gasteiger partial charge in [0.2, 0.25) is 0 Å². The first-order chi connectivity index (χ1) is 6.86. The van der Waals surface area contributed by atoms with E-state index in [4.69, 9.17) is 4.74 Å². The Morgan fingerprint density at radius 2 is 1.07 bits per heavy atom. The zero-order chi connectivity index (χ0) is 12.3. The van der Waals surface area contributed by atoms with Gasteiger partial charge in [-0.15, -0.1) is 0 Å². The van der Waals surface area contributed by atoms with E-state index in [9.17, 15) is 0 Å². The second-order valence-corrected chi connectivity index (χ2v) is 15.6. The summed E-state index contributed by atoms with van der Waals surface area (Å²) in [5.74, 6) is 1.54. The monoisotopic (exact) mass is 318 g/mol. The standard InChI is InChI=1S/C10H22O.3CH3.In/c1-9(2)5-7-11-8-6-10(3)4;;;;/h9-10H,5-8H2,1-4H3;3*1H3;. The van der Waals surface area contributed by atoms with E-state index < -0.39 is 21.4 Å². The number of ether oxygens (including phenoxy) is 1. The van der Waals surface area contributed by atoms with Crippen LogP contribution in [0.25, 0.3) is 0 Å². The average Bonchev–Trinajstić information content (AvgIpc) is 2.01. The fraction of sp³-hybridized carbons (Fsp3) is 1.00. The molecule has 0 aliphatic carbocycles. The van der Waals surface area contributed by atoms with Crippen LogP contribution in [0.3, 0.4) is 0 Å². The van der Waals surface area contributed by atoms with Crippen molar-refractivity contribution in [1.29, 1.82) is 0 Å². The quantitative estimate of drug-likeness (QED) is 0.657. The molecule has 0 aliphatic heterocycles. The summed E-state index contributed by atoms with van der Waals surface area (Å²) in [5.41, 5.74) is 0. The van der Waals surface area contributed by atoms with Gasteiger partial charge < -0.3 is 4.74 Å². The summed E-state index contributed by atoms with van der Waals surface area (Å²) in [4.78, 5) is 0. The van der Waals surface area contributed by atoms with Crippen LogP contribution in [-0.2, 0) is 4.74 Å². The number of hydrogen-bond donors (Lipinski definition) is 0. The molecular weight excluding hydrogens is 287 g/mol. The van der Waals surface area contributed by atoms with Crippen LogP contribution in [0.5, 0.6) is 0 Å².